The van der Waals surface area contributed by atoms with Crippen LogP contribution in [0.15, 0.2) is 72.1 Å². The van der Waals surface area contributed by atoms with Gasteiger partial charge in [-0.2, -0.15) is 0 Å². The average molecular weight is 252 g/mol. The predicted molar refractivity (Wildman–Crippen MR) is 80.3 cm³/mol. The minimum absolute atomic E-state index is 1.12. The average Bonchev–Trinajstić information content (AvgIpc) is 2.45. The molecule has 0 saturated heterocycles. The fourth-order valence-corrected chi connectivity index (χ4v) is 2.58. The Morgan fingerprint density at radius 3 is 1.44 bits per heavy atom. The zero-order valence-corrected chi connectivity index (χ0v) is 11.3. The van der Waals surface area contributed by atoms with Gasteiger partial charge in [0, 0.05) is 0 Å². The monoisotopic (exact) mass is 252 g/mol. The van der Waals surface area contributed by atoms with Gasteiger partial charge in [-0.05, 0) is 11.1 Å². The Hall–Kier alpha value is -1.90. The number of hydrogen-bond donors (Lipinski definition) is 1. The molecule has 0 aliphatic rings. The first kappa shape index (κ1) is 12.6. The van der Waals surface area contributed by atoms with E-state index in [-0.39, 0.29) is 0 Å². The van der Waals surface area contributed by atoms with Gasteiger partial charge in [0.1, 0.15) is 0 Å². The largest absolute Gasteiger partial charge is 0.427 e. The Kier molecular flexibility index (Phi) is 4.70. The molecule has 2 rings (SSSR count). The molecule has 0 heterocycles. The normalized spacial score (nSPS) is 13.2. The fourth-order valence-electron chi connectivity index (χ4n) is 1.61. The van der Waals surface area contributed by atoms with E-state index in [1.54, 1.807) is 0 Å². The Labute approximate surface area is 109 Å². The van der Waals surface area contributed by atoms with E-state index in [4.69, 9.17) is 0 Å². The molecule has 0 fully saturated rings. The lowest BCUT2D eigenvalue weighted by Crippen LogP contribution is -2.03. The third-order valence-electron chi connectivity index (χ3n) is 2.57. The predicted octanol–water partition coefficient (Wildman–Crippen LogP) is 3.21. The summed E-state index contributed by atoms with van der Waals surface area (Å²) >= 11 is 0. The summed E-state index contributed by atoms with van der Waals surface area (Å²) in [6.07, 6.45) is 3.96. The summed E-state index contributed by atoms with van der Waals surface area (Å²) < 4.78 is 0. The lowest BCUT2D eigenvalue weighted by atomic mass is 10.2. The van der Waals surface area contributed by atoms with E-state index in [1.165, 1.54) is 0 Å². The standard InChI is InChI=1S/C16H16OSi/c17-18(13-11-15-7-3-1-4-8-15)14-12-16-9-5-2-6-10-16/h1-14,17-18H. The molecule has 0 saturated carbocycles. The number of rotatable bonds is 4. The van der Waals surface area contributed by atoms with Gasteiger partial charge < -0.3 is 4.80 Å². The second-order valence-electron chi connectivity index (χ2n) is 4.03. The van der Waals surface area contributed by atoms with Gasteiger partial charge in [-0.25, -0.2) is 0 Å². The third-order valence-corrected chi connectivity index (χ3v) is 3.74. The van der Waals surface area contributed by atoms with E-state index < -0.39 is 9.04 Å². The van der Waals surface area contributed by atoms with Crippen molar-refractivity contribution in [1.29, 1.82) is 0 Å². The van der Waals surface area contributed by atoms with Crippen LogP contribution in [0.2, 0.25) is 0 Å². The van der Waals surface area contributed by atoms with Crippen molar-refractivity contribution < 1.29 is 4.80 Å². The molecule has 0 amide bonds. The van der Waals surface area contributed by atoms with Gasteiger partial charge in [0.2, 0.25) is 9.04 Å². The van der Waals surface area contributed by atoms with Crippen LogP contribution in [0.25, 0.3) is 12.2 Å². The highest BCUT2D eigenvalue weighted by molar-refractivity contribution is 6.63. The number of hydrogen-bond acceptors (Lipinski definition) is 1. The van der Waals surface area contributed by atoms with Gasteiger partial charge in [0.15, 0.2) is 0 Å². The third kappa shape index (κ3) is 4.16. The molecule has 0 spiro atoms. The Morgan fingerprint density at radius 1 is 0.667 bits per heavy atom. The van der Waals surface area contributed by atoms with E-state index in [0.29, 0.717) is 0 Å². The molecule has 0 unspecified atom stereocenters. The maximum absolute atomic E-state index is 9.94. The summed E-state index contributed by atoms with van der Waals surface area (Å²) in [5.74, 6) is 0. The highest BCUT2D eigenvalue weighted by atomic mass is 28.3. The Bertz CT molecular complexity index is 468. The summed E-state index contributed by atoms with van der Waals surface area (Å²) in [6.45, 7) is 0. The van der Waals surface area contributed by atoms with Crippen LogP contribution in [0.1, 0.15) is 11.1 Å². The van der Waals surface area contributed by atoms with E-state index in [9.17, 15) is 4.80 Å². The van der Waals surface area contributed by atoms with Crippen molar-refractivity contribution in [2.24, 2.45) is 0 Å². The molecule has 2 aromatic rings. The zero-order chi connectivity index (χ0) is 12.6. The smallest absolute Gasteiger partial charge is 0.221 e. The van der Waals surface area contributed by atoms with Crippen molar-refractivity contribution in [2.75, 3.05) is 0 Å². The van der Waals surface area contributed by atoms with Gasteiger partial charge in [0.05, 0.1) is 0 Å². The molecule has 0 bridgehead atoms. The minimum Gasteiger partial charge on any atom is -0.427 e. The Balaban J connectivity index is 1.95. The van der Waals surface area contributed by atoms with Crippen LogP contribution in [-0.4, -0.2) is 13.8 Å². The van der Waals surface area contributed by atoms with Gasteiger partial charge in [-0.1, -0.05) is 84.2 Å². The second kappa shape index (κ2) is 6.74. The molecule has 90 valence electrons. The lowest BCUT2D eigenvalue weighted by molar-refractivity contribution is 0.598. The van der Waals surface area contributed by atoms with Crippen LogP contribution < -0.4 is 0 Å². The topological polar surface area (TPSA) is 20.2 Å². The maximum atomic E-state index is 9.94. The second-order valence-corrected chi connectivity index (χ2v) is 5.78. The molecule has 1 nitrogen and oxygen atoms in total. The molecular weight excluding hydrogens is 236 g/mol. The maximum Gasteiger partial charge on any atom is 0.221 e. The molecule has 0 radical (unpaired) electrons. The summed E-state index contributed by atoms with van der Waals surface area (Å²) in [6, 6.07) is 20.1. The van der Waals surface area contributed by atoms with Crippen LogP contribution in [0.4, 0.5) is 0 Å². The highest BCUT2D eigenvalue weighted by Crippen LogP contribution is 2.04. The molecule has 0 atom stereocenters. The lowest BCUT2D eigenvalue weighted by Gasteiger charge is -1.96. The van der Waals surface area contributed by atoms with Crippen molar-refractivity contribution in [2.45, 2.75) is 0 Å². The first-order valence-electron chi connectivity index (χ1n) is 5.99. The van der Waals surface area contributed by atoms with Gasteiger partial charge in [-0.15, -0.1) is 0 Å². The minimum atomic E-state index is -1.90. The van der Waals surface area contributed by atoms with Gasteiger partial charge in [-0.3, -0.25) is 0 Å². The van der Waals surface area contributed by atoms with E-state index >= 15 is 0 Å². The molecule has 18 heavy (non-hydrogen) atoms. The van der Waals surface area contributed by atoms with Crippen molar-refractivity contribution in [3.05, 3.63) is 83.2 Å². The quantitative estimate of drug-likeness (QED) is 0.828. The molecule has 2 aromatic carbocycles. The van der Waals surface area contributed by atoms with E-state index in [1.807, 2.05) is 84.2 Å². The van der Waals surface area contributed by atoms with E-state index in [2.05, 4.69) is 0 Å². The molecule has 2 heteroatoms. The molecule has 0 aliphatic carbocycles. The van der Waals surface area contributed by atoms with E-state index in [0.717, 1.165) is 11.1 Å². The highest BCUT2D eigenvalue weighted by Gasteiger charge is 1.95. The summed E-state index contributed by atoms with van der Waals surface area (Å²) in [4.78, 5) is 9.94. The zero-order valence-electron chi connectivity index (χ0n) is 10.1. The van der Waals surface area contributed by atoms with Crippen molar-refractivity contribution in [1.82, 2.24) is 0 Å². The van der Waals surface area contributed by atoms with Gasteiger partial charge >= 0.3 is 0 Å². The SMILES string of the molecule is O[SiH](C=Cc1ccccc1)C=Cc1ccccc1. The van der Waals surface area contributed by atoms with Crippen LogP contribution in [0.5, 0.6) is 0 Å². The Morgan fingerprint density at radius 2 is 1.06 bits per heavy atom. The van der Waals surface area contributed by atoms with Crippen LogP contribution in [0, 0.1) is 0 Å². The molecule has 0 aliphatic heterocycles. The summed E-state index contributed by atoms with van der Waals surface area (Å²) in [5.41, 5.74) is 6.07. The van der Waals surface area contributed by atoms with Crippen molar-refractivity contribution in [3.8, 4) is 0 Å². The van der Waals surface area contributed by atoms with Crippen LogP contribution in [-0.2, 0) is 0 Å². The summed E-state index contributed by atoms with van der Waals surface area (Å²) in [5, 5.41) is 0. The molecular formula is C16H16OSi. The molecule has 1 N–H and O–H groups in total. The van der Waals surface area contributed by atoms with Crippen LogP contribution >= 0.6 is 0 Å². The first-order chi connectivity index (χ1) is 8.84. The van der Waals surface area contributed by atoms with Gasteiger partial charge in [0.25, 0.3) is 0 Å². The molecule has 0 aromatic heterocycles. The summed E-state index contributed by atoms with van der Waals surface area (Å²) in [7, 11) is -1.90. The first-order valence-corrected chi connectivity index (χ1v) is 7.84. The van der Waals surface area contributed by atoms with Crippen molar-refractivity contribution in [3.63, 3.8) is 0 Å². The van der Waals surface area contributed by atoms with Crippen molar-refractivity contribution >= 4 is 21.2 Å². The number of benzene rings is 2. The fraction of sp³-hybridized carbons (Fsp3) is 0. The van der Waals surface area contributed by atoms with Crippen LogP contribution in [0.3, 0.4) is 0 Å².